The smallest absolute Gasteiger partial charge is 0.251 e. The number of nitrogens with zero attached hydrogens (tertiary/aromatic N) is 1. The Morgan fingerprint density at radius 2 is 1.88 bits per heavy atom. The van der Waals surface area contributed by atoms with Gasteiger partial charge in [-0.3, -0.25) is 9.69 Å². The van der Waals surface area contributed by atoms with Crippen LogP contribution in [0.25, 0.3) is 0 Å². The van der Waals surface area contributed by atoms with Crippen molar-refractivity contribution < 1.29 is 9.53 Å². The lowest BCUT2D eigenvalue weighted by atomic mass is 10.1. The van der Waals surface area contributed by atoms with Crippen LogP contribution in [0.5, 0.6) is 0 Å². The van der Waals surface area contributed by atoms with Crippen LogP contribution < -0.4 is 5.32 Å². The highest BCUT2D eigenvalue weighted by Gasteiger charge is 2.14. The van der Waals surface area contributed by atoms with E-state index in [1.165, 1.54) is 5.56 Å². The van der Waals surface area contributed by atoms with Gasteiger partial charge in [0.25, 0.3) is 5.91 Å². The summed E-state index contributed by atoms with van der Waals surface area (Å²) in [5, 5.41) is 3.09. The van der Waals surface area contributed by atoms with E-state index in [-0.39, 0.29) is 11.9 Å². The van der Waals surface area contributed by atoms with Crippen molar-refractivity contribution in [1.29, 1.82) is 0 Å². The van der Waals surface area contributed by atoms with E-state index in [0.29, 0.717) is 5.56 Å². The van der Waals surface area contributed by atoms with Crippen LogP contribution >= 0.6 is 0 Å². The van der Waals surface area contributed by atoms with Gasteiger partial charge in [-0.15, -0.1) is 0 Å². The van der Waals surface area contributed by atoms with E-state index in [2.05, 4.69) is 47.5 Å². The highest BCUT2D eigenvalue weighted by atomic mass is 16.5. The standard InChI is InChI=1S/C21H26N2O2/c1-16-6-8-19(9-7-16)17(2)22-21(24)20-5-3-4-18(14-20)15-23-10-12-25-13-11-23/h3-9,14,17H,10-13,15H2,1-2H3,(H,22,24)/t17-/m0/s1. The lowest BCUT2D eigenvalue weighted by Crippen LogP contribution is -2.35. The Labute approximate surface area is 149 Å². The normalized spacial score (nSPS) is 16.4. The number of hydrogen-bond acceptors (Lipinski definition) is 3. The fourth-order valence-corrected chi connectivity index (χ4v) is 3.05. The third kappa shape index (κ3) is 4.91. The van der Waals surface area contributed by atoms with Crippen molar-refractivity contribution in [3.63, 3.8) is 0 Å². The molecule has 0 bridgehead atoms. The lowest BCUT2D eigenvalue weighted by molar-refractivity contribution is 0.0342. The van der Waals surface area contributed by atoms with Crippen LogP contribution in [-0.4, -0.2) is 37.1 Å². The lowest BCUT2D eigenvalue weighted by Gasteiger charge is -2.26. The molecule has 0 aliphatic carbocycles. The quantitative estimate of drug-likeness (QED) is 0.909. The van der Waals surface area contributed by atoms with Crippen LogP contribution in [0, 0.1) is 6.92 Å². The number of hydrogen-bond donors (Lipinski definition) is 1. The molecule has 25 heavy (non-hydrogen) atoms. The predicted octanol–water partition coefficient (Wildman–Crippen LogP) is 3.32. The van der Waals surface area contributed by atoms with E-state index in [0.717, 1.165) is 44.0 Å². The van der Waals surface area contributed by atoms with Crippen molar-refractivity contribution in [2.45, 2.75) is 26.4 Å². The summed E-state index contributed by atoms with van der Waals surface area (Å²) in [6.07, 6.45) is 0. The molecule has 1 atom stereocenters. The van der Waals surface area contributed by atoms with E-state index in [4.69, 9.17) is 4.74 Å². The zero-order chi connectivity index (χ0) is 17.6. The first kappa shape index (κ1) is 17.6. The molecule has 0 aromatic heterocycles. The number of carbonyl (C=O) groups excluding carboxylic acids is 1. The fraction of sp³-hybridized carbons (Fsp3) is 0.381. The van der Waals surface area contributed by atoms with Gasteiger partial charge in [0.1, 0.15) is 0 Å². The average Bonchev–Trinajstić information content (AvgIpc) is 2.63. The van der Waals surface area contributed by atoms with E-state index in [9.17, 15) is 4.79 Å². The van der Waals surface area contributed by atoms with Crippen LogP contribution in [-0.2, 0) is 11.3 Å². The molecule has 4 nitrogen and oxygen atoms in total. The maximum Gasteiger partial charge on any atom is 0.251 e. The summed E-state index contributed by atoms with van der Waals surface area (Å²) in [6.45, 7) is 8.40. The van der Waals surface area contributed by atoms with Crippen molar-refractivity contribution in [3.05, 3.63) is 70.8 Å². The second-order valence-electron chi connectivity index (χ2n) is 6.69. The number of benzene rings is 2. The van der Waals surface area contributed by atoms with Crippen LogP contribution in [0.2, 0.25) is 0 Å². The predicted molar refractivity (Wildman–Crippen MR) is 99.6 cm³/mol. The summed E-state index contributed by atoms with van der Waals surface area (Å²) in [4.78, 5) is 15.0. The minimum Gasteiger partial charge on any atom is -0.379 e. The Bertz CT molecular complexity index is 706. The van der Waals surface area contributed by atoms with Gasteiger partial charge in [-0.2, -0.15) is 0 Å². The van der Waals surface area contributed by atoms with Gasteiger partial charge >= 0.3 is 0 Å². The van der Waals surface area contributed by atoms with Crippen LogP contribution in [0.3, 0.4) is 0 Å². The molecule has 1 amide bonds. The topological polar surface area (TPSA) is 41.6 Å². The molecule has 0 saturated carbocycles. The number of carbonyl (C=O) groups is 1. The van der Waals surface area contributed by atoms with Crippen LogP contribution in [0.1, 0.15) is 40.0 Å². The summed E-state index contributed by atoms with van der Waals surface area (Å²) in [7, 11) is 0. The maximum atomic E-state index is 12.6. The summed E-state index contributed by atoms with van der Waals surface area (Å²) in [6, 6.07) is 16.2. The molecule has 1 N–H and O–H groups in total. The van der Waals surface area contributed by atoms with Crippen molar-refractivity contribution >= 4 is 5.91 Å². The Morgan fingerprint density at radius 1 is 1.16 bits per heavy atom. The summed E-state index contributed by atoms with van der Waals surface area (Å²) >= 11 is 0. The summed E-state index contributed by atoms with van der Waals surface area (Å²) in [5.74, 6) is -0.0306. The molecule has 1 aliphatic heterocycles. The summed E-state index contributed by atoms with van der Waals surface area (Å²) in [5.41, 5.74) is 4.21. The first-order valence-electron chi connectivity index (χ1n) is 8.88. The monoisotopic (exact) mass is 338 g/mol. The molecule has 4 heteroatoms. The third-order valence-electron chi connectivity index (χ3n) is 4.62. The van der Waals surface area contributed by atoms with Gasteiger partial charge in [0.05, 0.1) is 19.3 Å². The fourth-order valence-electron chi connectivity index (χ4n) is 3.05. The zero-order valence-electron chi connectivity index (χ0n) is 15.0. The number of rotatable bonds is 5. The third-order valence-corrected chi connectivity index (χ3v) is 4.62. The van der Waals surface area contributed by atoms with Gasteiger partial charge in [0.2, 0.25) is 0 Å². The maximum absolute atomic E-state index is 12.6. The van der Waals surface area contributed by atoms with Gasteiger partial charge in [-0.1, -0.05) is 42.0 Å². The molecule has 1 heterocycles. The number of nitrogens with one attached hydrogen (secondary N) is 1. The number of amides is 1. The number of morpholine rings is 1. The number of aryl methyl sites for hydroxylation is 1. The molecular weight excluding hydrogens is 312 g/mol. The molecule has 3 rings (SSSR count). The Morgan fingerprint density at radius 3 is 2.60 bits per heavy atom. The van der Waals surface area contributed by atoms with E-state index in [1.54, 1.807) is 0 Å². The molecule has 2 aromatic rings. The minimum absolute atomic E-state index is 0.0176. The molecule has 2 aromatic carbocycles. The molecule has 1 fully saturated rings. The van der Waals surface area contributed by atoms with E-state index in [1.807, 2.05) is 25.1 Å². The van der Waals surface area contributed by atoms with Gasteiger partial charge < -0.3 is 10.1 Å². The van der Waals surface area contributed by atoms with Crippen molar-refractivity contribution in [1.82, 2.24) is 10.2 Å². The van der Waals surface area contributed by atoms with Crippen LogP contribution in [0.4, 0.5) is 0 Å². The first-order valence-corrected chi connectivity index (χ1v) is 8.88. The van der Waals surface area contributed by atoms with Gasteiger partial charge in [-0.25, -0.2) is 0 Å². The Kier molecular flexibility index (Phi) is 5.84. The molecule has 0 unspecified atom stereocenters. The first-order chi connectivity index (χ1) is 12.1. The molecule has 1 saturated heterocycles. The summed E-state index contributed by atoms with van der Waals surface area (Å²) < 4.78 is 5.39. The van der Waals surface area contributed by atoms with Crippen molar-refractivity contribution in [2.24, 2.45) is 0 Å². The molecule has 132 valence electrons. The highest BCUT2D eigenvalue weighted by Crippen LogP contribution is 2.15. The number of ether oxygens (including phenoxy) is 1. The van der Waals surface area contributed by atoms with Gasteiger partial charge in [0, 0.05) is 25.2 Å². The van der Waals surface area contributed by atoms with Crippen LogP contribution in [0.15, 0.2) is 48.5 Å². The SMILES string of the molecule is Cc1ccc([C@H](C)NC(=O)c2cccc(CN3CCOCC3)c2)cc1. The molecule has 0 spiro atoms. The van der Waals surface area contributed by atoms with E-state index < -0.39 is 0 Å². The van der Waals surface area contributed by atoms with Gasteiger partial charge in [0.15, 0.2) is 0 Å². The second-order valence-corrected chi connectivity index (χ2v) is 6.69. The Balaban J connectivity index is 1.63. The molecule has 0 radical (unpaired) electrons. The van der Waals surface area contributed by atoms with Crippen molar-refractivity contribution in [2.75, 3.05) is 26.3 Å². The van der Waals surface area contributed by atoms with Crippen molar-refractivity contribution in [3.8, 4) is 0 Å². The van der Waals surface area contributed by atoms with E-state index >= 15 is 0 Å². The van der Waals surface area contributed by atoms with Gasteiger partial charge in [-0.05, 0) is 37.1 Å². The largest absolute Gasteiger partial charge is 0.379 e. The average molecular weight is 338 g/mol. The Hall–Kier alpha value is -2.17. The highest BCUT2D eigenvalue weighted by molar-refractivity contribution is 5.94. The molecular formula is C21H26N2O2. The minimum atomic E-state index is -0.0306. The molecule has 1 aliphatic rings. The zero-order valence-corrected chi connectivity index (χ0v) is 15.0. The second kappa shape index (κ2) is 8.28.